The molecule has 98 valence electrons. The van der Waals surface area contributed by atoms with Crippen LogP contribution in [0, 0.1) is 5.92 Å². The average molecular weight is 248 g/mol. The highest BCUT2D eigenvalue weighted by molar-refractivity contribution is 5.86. The Bertz CT molecular complexity index is 426. The normalized spacial score (nSPS) is 11.2. The molecular weight excluding hydrogens is 228 g/mol. The number of nitrogens with one attached hydrogen (secondary N) is 1. The summed E-state index contributed by atoms with van der Waals surface area (Å²) in [6.07, 6.45) is 1.01. The number of carbonyl (C=O) groups excluding carboxylic acids is 1. The highest BCUT2D eigenvalue weighted by Gasteiger charge is 2.09. The van der Waals surface area contributed by atoms with Crippen molar-refractivity contribution in [2.24, 2.45) is 11.1 Å². The molecule has 4 heteroatoms. The van der Waals surface area contributed by atoms with E-state index in [0.717, 1.165) is 11.3 Å². The van der Waals surface area contributed by atoms with Crippen LogP contribution in [0.1, 0.15) is 39.2 Å². The summed E-state index contributed by atoms with van der Waals surface area (Å²) in [6, 6.07) is 7.65. The number of rotatable bonds is 4. The van der Waals surface area contributed by atoms with Crippen LogP contribution < -0.4 is 5.32 Å². The standard InChI is InChI=1S/C14H20N2O2/c1-10(2)9-15-18-14(17)16-13-8-6-5-7-12(13)11(3)4/h5-11H,1-4H3,(H,16,17)/b15-9+. The van der Waals surface area contributed by atoms with Crippen LogP contribution >= 0.6 is 0 Å². The second-order valence-electron chi connectivity index (χ2n) is 4.74. The summed E-state index contributed by atoms with van der Waals surface area (Å²) < 4.78 is 0. The Morgan fingerprint density at radius 3 is 2.56 bits per heavy atom. The van der Waals surface area contributed by atoms with Crippen LogP contribution in [0.3, 0.4) is 0 Å². The number of para-hydroxylation sites is 1. The molecule has 0 aromatic heterocycles. The zero-order valence-electron chi connectivity index (χ0n) is 11.3. The molecule has 1 N–H and O–H groups in total. The largest absolute Gasteiger partial charge is 0.437 e. The first kappa shape index (κ1) is 14.2. The van der Waals surface area contributed by atoms with Crippen molar-refractivity contribution in [3.63, 3.8) is 0 Å². The van der Waals surface area contributed by atoms with Gasteiger partial charge < -0.3 is 0 Å². The molecule has 0 atom stereocenters. The minimum Gasteiger partial charge on any atom is -0.298 e. The van der Waals surface area contributed by atoms with E-state index in [0.29, 0.717) is 5.92 Å². The Morgan fingerprint density at radius 1 is 1.28 bits per heavy atom. The van der Waals surface area contributed by atoms with E-state index < -0.39 is 6.09 Å². The molecular formula is C14H20N2O2. The summed E-state index contributed by atoms with van der Waals surface area (Å²) in [5.41, 5.74) is 1.83. The monoisotopic (exact) mass is 248 g/mol. The molecule has 1 aromatic carbocycles. The summed E-state index contributed by atoms with van der Waals surface area (Å²) in [5.74, 6) is 0.585. The number of anilines is 1. The van der Waals surface area contributed by atoms with E-state index in [1.54, 1.807) is 6.21 Å². The van der Waals surface area contributed by atoms with Gasteiger partial charge in [-0.05, 0) is 23.5 Å². The van der Waals surface area contributed by atoms with Gasteiger partial charge in [0.25, 0.3) is 0 Å². The zero-order chi connectivity index (χ0) is 13.5. The van der Waals surface area contributed by atoms with Crippen molar-refractivity contribution in [3.05, 3.63) is 29.8 Å². The van der Waals surface area contributed by atoms with E-state index in [2.05, 4.69) is 24.3 Å². The van der Waals surface area contributed by atoms with Crippen molar-refractivity contribution in [2.45, 2.75) is 33.6 Å². The maximum Gasteiger partial charge on any atom is 0.437 e. The van der Waals surface area contributed by atoms with Crippen molar-refractivity contribution in [1.82, 2.24) is 0 Å². The fraction of sp³-hybridized carbons (Fsp3) is 0.429. The first-order valence-corrected chi connectivity index (χ1v) is 6.11. The number of hydrogen-bond acceptors (Lipinski definition) is 3. The molecule has 1 aromatic rings. The molecule has 0 unspecified atom stereocenters. The van der Waals surface area contributed by atoms with Crippen LogP contribution in [0.5, 0.6) is 0 Å². The van der Waals surface area contributed by atoms with E-state index in [1.165, 1.54) is 0 Å². The number of oxime groups is 1. The molecule has 0 aliphatic rings. The van der Waals surface area contributed by atoms with Gasteiger partial charge in [-0.3, -0.25) is 10.2 Å². The Morgan fingerprint density at radius 2 is 1.94 bits per heavy atom. The van der Waals surface area contributed by atoms with Gasteiger partial charge in [-0.2, -0.15) is 0 Å². The van der Waals surface area contributed by atoms with E-state index in [9.17, 15) is 4.79 Å². The van der Waals surface area contributed by atoms with Crippen molar-refractivity contribution < 1.29 is 9.63 Å². The lowest BCUT2D eigenvalue weighted by molar-refractivity contribution is 0.166. The summed E-state index contributed by atoms with van der Waals surface area (Å²) in [7, 11) is 0. The number of hydrogen-bond donors (Lipinski definition) is 1. The lowest BCUT2D eigenvalue weighted by Crippen LogP contribution is -2.13. The lowest BCUT2D eigenvalue weighted by atomic mass is 10.0. The zero-order valence-corrected chi connectivity index (χ0v) is 11.3. The summed E-state index contributed by atoms with van der Waals surface area (Å²) >= 11 is 0. The fourth-order valence-corrected chi connectivity index (χ4v) is 1.45. The second kappa shape index (κ2) is 6.79. The predicted molar refractivity (Wildman–Crippen MR) is 74.0 cm³/mol. The molecule has 0 heterocycles. The quantitative estimate of drug-likeness (QED) is 0.497. The van der Waals surface area contributed by atoms with Gasteiger partial charge in [0.2, 0.25) is 0 Å². The maximum atomic E-state index is 11.5. The molecule has 0 aliphatic carbocycles. The minimum absolute atomic E-state index is 0.251. The lowest BCUT2D eigenvalue weighted by Gasteiger charge is -2.12. The SMILES string of the molecule is CC(C)/C=N/OC(=O)Nc1ccccc1C(C)C. The van der Waals surface area contributed by atoms with Crippen LogP contribution in [0.4, 0.5) is 10.5 Å². The van der Waals surface area contributed by atoms with Crippen LogP contribution in [0.2, 0.25) is 0 Å². The first-order valence-electron chi connectivity index (χ1n) is 6.11. The molecule has 4 nitrogen and oxygen atoms in total. The average Bonchev–Trinajstić information content (AvgIpc) is 2.28. The molecule has 0 radical (unpaired) electrons. The molecule has 1 amide bonds. The van der Waals surface area contributed by atoms with Gasteiger partial charge in [0, 0.05) is 11.9 Å². The summed E-state index contributed by atoms with van der Waals surface area (Å²) in [5, 5.41) is 6.30. The fourth-order valence-electron chi connectivity index (χ4n) is 1.45. The van der Waals surface area contributed by atoms with Crippen LogP contribution in [0.25, 0.3) is 0 Å². The van der Waals surface area contributed by atoms with Gasteiger partial charge in [0.1, 0.15) is 0 Å². The number of carbonyl (C=O) groups is 1. The van der Waals surface area contributed by atoms with Crippen LogP contribution in [0.15, 0.2) is 29.4 Å². The van der Waals surface area contributed by atoms with Crippen molar-refractivity contribution >= 4 is 18.0 Å². The number of benzene rings is 1. The minimum atomic E-state index is -0.569. The molecule has 0 saturated heterocycles. The smallest absolute Gasteiger partial charge is 0.298 e. The third-order valence-electron chi connectivity index (χ3n) is 2.31. The van der Waals surface area contributed by atoms with Gasteiger partial charge in [-0.1, -0.05) is 51.0 Å². The second-order valence-corrected chi connectivity index (χ2v) is 4.74. The van der Waals surface area contributed by atoms with Crippen molar-refractivity contribution in [2.75, 3.05) is 5.32 Å². The highest BCUT2D eigenvalue weighted by Crippen LogP contribution is 2.23. The van der Waals surface area contributed by atoms with E-state index >= 15 is 0 Å². The molecule has 0 saturated carbocycles. The highest BCUT2D eigenvalue weighted by atomic mass is 16.7. The van der Waals surface area contributed by atoms with Crippen LogP contribution in [-0.2, 0) is 4.84 Å². The maximum absolute atomic E-state index is 11.5. The predicted octanol–water partition coefficient (Wildman–Crippen LogP) is 4.00. The topological polar surface area (TPSA) is 50.7 Å². The van der Waals surface area contributed by atoms with Gasteiger partial charge in [0.15, 0.2) is 0 Å². The summed E-state index contributed by atoms with van der Waals surface area (Å²) in [6.45, 7) is 8.06. The van der Waals surface area contributed by atoms with E-state index in [1.807, 2.05) is 38.1 Å². The third-order valence-corrected chi connectivity index (χ3v) is 2.31. The molecule has 0 spiro atoms. The van der Waals surface area contributed by atoms with Crippen molar-refractivity contribution in [3.8, 4) is 0 Å². The third kappa shape index (κ3) is 4.57. The number of amides is 1. The van der Waals surface area contributed by atoms with Crippen LogP contribution in [-0.4, -0.2) is 12.3 Å². The Hall–Kier alpha value is -1.84. The Labute approximate surface area is 108 Å². The molecule has 0 fully saturated rings. The van der Waals surface area contributed by atoms with Gasteiger partial charge in [0.05, 0.1) is 0 Å². The van der Waals surface area contributed by atoms with Gasteiger partial charge >= 0.3 is 6.09 Å². The summed E-state index contributed by atoms with van der Waals surface area (Å²) in [4.78, 5) is 16.2. The first-order chi connectivity index (χ1) is 8.50. The Balaban J connectivity index is 2.65. The molecule has 0 bridgehead atoms. The number of nitrogens with zero attached hydrogens (tertiary/aromatic N) is 1. The van der Waals surface area contributed by atoms with Crippen molar-refractivity contribution in [1.29, 1.82) is 0 Å². The molecule has 0 aliphatic heterocycles. The van der Waals surface area contributed by atoms with Gasteiger partial charge in [-0.25, -0.2) is 4.79 Å². The van der Waals surface area contributed by atoms with E-state index in [-0.39, 0.29) is 5.92 Å². The Kier molecular flexibility index (Phi) is 5.36. The molecule has 1 rings (SSSR count). The van der Waals surface area contributed by atoms with E-state index in [4.69, 9.17) is 4.84 Å². The van der Waals surface area contributed by atoms with Gasteiger partial charge in [-0.15, -0.1) is 0 Å². The molecule has 18 heavy (non-hydrogen) atoms.